The van der Waals surface area contributed by atoms with E-state index in [9.17, 15) is 4.79 Å². The smallest absolute Gasteiger partial charge is 0.319 e. The molecule has 110 valence electrons. The van der Waals surface area contributed by atoms with E-state index in [1.54, 1.807) is 11.2 Å². The van der Waals surface area contributed by atoms with Crippen LogP contribution in [-0.2, 0) is 6.54 Å². The van der Waals surface area contributed by atoms with Crippen molar-refractivity contribution in [3.05, 3.63) is 18.2 Å². The summed E-state index contributed by atoms with van der Waals surface area (Å²) < 4.78 is 0. The molecule has 6 heteroatoms. The normalized spacial score (nSPS) is 26.6. The first kappa shape index (κ1) is 13.4. The molecule has 2 atom stereocenters. The maximum Gasteiger partial charge on any atom is 0.319 e. The first-order valence-electron chi connectivity index (χ1n) is 7.31. The average molecular weight is 277 g/mol. The Morgan fingerprint density at radius 2 is 2.25 bits per heavy atom. The van der Waals surface area contributed by atoms with Gasteiger partial charge in [0.2, 0.25) is 0 Å². The average Bonchev–Trinajstić information content (AvgIpc) is 2.77. The predicted molar refractivity (Wildman–Crippen MR) is 76.2 cm³/mol. The van der Waals surface area contributed by atoms with Crippen molar-refractivity contribution >= 4 is 6.03 Å². The van der Waals surface area contributed by atoms with Crippen molar-refractivity contribution in [3.63, 3.8) is 0 Å². The van der Waals surface area contributed by atoms with Crippen LogP contribution in [0.5, 0.6) is 0 Å². The molecule has 2 amide bonds. The van der Waals surface area contributed by atoms with Gasteiger partial charge in [-0.15, -0.1) is 0 Å². The number of carbonyl (C=O) groups excluding carboxylic acids is 1. The second-order valence-electron chi connectivity index (χ2n) is 6.19. The molecule has 1 N–H and O–H groups in total. The topological polar surface area (TPSA) is 55.5 Å². The third-order valence-electron chi connectivity index (χ3n) is 4.41. The van der Waals surface area contributed by atoms with Gasteiger partial charge in [0, 0.05) is 58.2 Å². The maximum absolute atomic E-state index is 12.2. The van der Waals surface area contributed by atoms with E-state index in [2.05, 4.69) is 14.9 Å². The van der Waals surface area contributed by atoms with Gasteiger partial charge < -0.3 is 14.8 Å². The first-order valence-corrected chi connectivity index (χ1v) is 7.31. The highest BCUT2D eigenvalue weighted by Gasteiger charge is 2.36. The molecule has 3 aliphatic rings. The van der Waals surface area contributed by atoms with Gasteiger partial charge in [-0.2, -0.15) is 0 Å². The number of rotatable bonds is 2. The molecular weight excluding hydrogens is 254 g/mol. The van der Waals surface area contributed by atoms with Crippen LogP contribution in [-0.4, -0.2) is 70.5 Å². The van der Waals surface area contributed by atoms with Crippen LogP contribution in [0.4, 0.5) is 4.79 Å². The number of piperidine rings is 1. The Kier molecular flexibility index (Phi) is 3.65. The van der Waals surface area contributed by atoms with E-state index in [0.717, 1.165) is 31.9 Å². The number of hydrogen-bond acceptors (Lipinski definition) is 3. The minimum atomic E-state index is 0.144. The van der Waals surface area contributed by atoms with Crippen LogP contribution < -0.4 is 0 Å². The van der Waals surface area contributed by atoms with Crippen molar-refractivity contribution in [1.29, 1.82) is 0 Å². The summed E-state index contributed by atoms with van der Waals surface area (Å²) in [5.74, 6) is 0.598. The fraction of sp³-hybridized carbons (Fsp3) is 0.714. The highest BCUT2D eigenvalue weighted by atomic mass is 16.2. The van der Waals surface area contributed by atoms with Gasteiger partial charge in [-0.25, -0.2) is 9.78 Å². The Labute approximate surface area is 119 Å². The molecule has 0 unspecified atom stereocenters. The Bertz CT molecular complexity index is 458. The minimum absolute atomic E-state index is 0.144. The maximum atomic E-state index is 12.2. The zero-order valence-corrected chi connectivity index (χ0v) is 12.2. The van der Waals surface area contributed by atoms with Crippen LogP contribution in [0.2, 0.25) is 0 Å². The summed E-state index contributed by atoms with van der Waals surface area (Å²) in [4.78, 5) is 25.7. The molecule has 6 nitrogen and oxygen atoms in total. The summed E-state index contributed by atoms with van der Waals surface area (Å²) in [5.41, 5.74) is 1.16. The third-order valence-corrected chi connectivity index (χ3v) is 4.41. The molecule has 2 bridgehead atoms. The van der Waals surface area contributed by atoms with Crippen molar-refractivity contribution in [2.75, 3.05) is 33.7 Å². The second kappa shape index (κ2) is 5.44. The molecule has 4 rings (SSSR count). The molecule has 3 aliphatic heterocycles. The first-order chi connectivity index (χ1) is 9.63. The lowest BCUT2D eigenvalue weighted by Crippen LogP contribution is -2.45. The number of nitrogens with zero attached hydrogens (tertiary/aromatic N) is 4. The van der Waals surface area contributed by atoms with Crippen LogP contribution in [0.15, 0.2) is 12.5 Å². The standard InChI is InChI=1S/C14H23N5O/c1-17(2)14(20)19-7-11-3-4-13(9-19)18(6-11)8-12-5-15-10-16-12/h5,10-11,13H,3-4,6-9H2,1-2H3,(H,15,16)/t11-,13-/m1/s1. The summed E-state index contributed by atoms with van der Waals surface area (Å²) >= 11 is 0. The molecular formula is C14H23N5O. The molecule has 1 aromatic heterocycles. The van der Waals surface area contributed by atoms with E-state index in [1.165, 1.54) is 12.8 Å². The summed E-state index contributed by atoms with van der Waals surface area (Å²) in [6, 6.07) is 0.617. The Hall–Kier alpha value is -1.56. The van der Waals surface area contributed by atoms with E-state index < -0.39 is 0 Å². The Morgan fingerprint density at radius 3 is 2.95 bits per heavy atom. The number of aromatic nitrogens is 2. The molecule has 1 aromatic rings. The summed E-state index contributed by atoms with van der Waals surface area (Å²) in [7, 11) is 3.66. The van der Waals surface area contributed by atoms with Gasteiger partial charge in [0.1, 0.15) is 0 Å². The van der Waals surface area contributed by atoms with Crippen molar-refractivity contribution in [1.82, 2.24) is 24.7 Å². The zero-order chi connectivity index (χ0) is 14.1. The van der Waals surface area contributed by atoms with E-state index in [4.69, 9.17) is 0 Å². The van der Waals surface area contributed by atoms with Crippen molar-refractivity contribution in [2.45, 2.75) is 25.4 Å². The van der Waals surface area contributed by atoms with Gasteiger partial charge in [0.15, 0.2) is 0 Å². The fourth-order valence-electron chi connectivity index (χ4n) is 3.40. The number of imidazole rings is 1. The van der Waals surface area contributed by atoms with Gasteiger partial charge >= 0.3 is 6.03 Å². The summed E-state index contributed by atoms with van der Waals surface area (Å²) in [5, 5.41) is 0. The molecule has 4 heterocycles. The lowest BCUT2D eigenvalue weighted by atomic mass is 9.95. The number of H-pyrrole nitrogens is 1. The highest BCUT2D eigenvalue weighted by molar-refractivity contribution is 5.74. The van der Waals surface area contributed by atoms with Gasteiger partial charge in [-0.3, -0.25) is 4.90 Å². The quantitative estimate of drug-likeness (QED) is 0.877. The molecule has 3 fully saturated rings. The lowest BCUT2D eigenvalue weighted by Gasteiger charge is -2.35. The van der Waals surface area contributed by atoms with Gasteiger partial charge in [0.25, 0.3) is 0 Å². The number of nitrogens with one attached hydrogen (secondary N) is 1. The molecule has 0 aliphatic carbocycles. The predicted octanol–water partition coefficient (Wildman–Crippen LogP) is 0.987. The summed E-state index contributed by atoms with van der Waals surface area (Å²) in [6.07, 6.45) is 6.05. The van der Waals surface area contributed by atoms with Crippen LogP contribution >= 0.6 is 0 Å². The van der Waals surface area contributed by atoms with Crippen LogP contribution in [0.1, 0.15) is 18.5 Å². The molecule has 0 saturated carbocycles. The van der Waals surface area contributed by atoms with Crippen LogP contribution in [0.25, 0.3) is 0 Å². The zero-order valence-electron chi connectivity index (χ0n) is 12.2. The molecule has 0 spiro atoms. The second-order valence-corrected chi connectivity index (χ2v) is 6.19. The van der Waals surface area contributed by atoms with E-state index in [0.29, 0.717) is 12.0 Å². The Morgan fingerprint density at radius 1 is 1.40 bits per heavy atom. The largest absolute Gasteiger partial charge is 0.347 e. The van der Waals surface area contributed by atoms with E-state index in [-0.39, 0.29) is 6.03 Å². The number of carbonyl (C=O) groups is 1. The highest BCUT2D eigenvalue weighted by Crippen LogP contribution is 2.29. The number of hydrogen-bond donors (Lipinski definition) is 1. The molecule has 0 aromatic carbocycles. The van der Waals surface area contributed by atoms with E-state index in [1.807, 2.05) is 25.2 Å². The van der Waals surface area contributed by atoms with Crippen molar-refractivity contribution in [2.24, 2.45) is 5.92 Å². The van der Waals surface area contributed by atoms with Gasteiger partial charge in [0.05, 0.1) is 6.33 Å². The van der Waals surface area contributed by atoms with Crippen LogP contribution in [0, 0.1) is 5.92 Å². The number of urea groups is 1. The molecule has 0 radical (unpaired) electrons. The number of amides is 2. The monoisotopic (exact) mass is 277 g/mol. The van der Waals surface area contributed by atoms with Gasteiger partial charge in [-0.05, 0) is 18.8 Å². The fourth-order valence-corrected chi connectivity index (χ4v) is 3.40. The molecule has 3 saturated heterocycles. The lowest BCUT2D eigenvalue weighted by molar-refractivity contribution is 0.121. The minimum Gasteiger partial charge on any atom is -0.347 e. The number of aromatic amines is 1. The third kappa shape index (κ3) is 2.65. The Balaban J connectivity index is 1.70. The number of fused-ring (bicyclic) bond motifs is 4. The SMILES string of the molecule is CN(C)C(=O)N1C[C@@H]2CC[C@H](C1)N(Cc1cnc[nH]1)C2. The van der Waals surface area contributed by atoms with Crippen LogP contribution in [0.3, 0.4) is 0 Å². The van der Waals surface area contributed by atoms with E-state index >= 15 is 0 Å². The summed E-state index contributed by atoms with van der Waals surface area (Å²) in [6.45, 7) is 3.74. The van der Waals surface area contributed by atoms with Crippen molar-refractivity contribution in [3.8, 4) is 0 Å². The molecule has 20 heavy (non-hydrogen) atoms. The van der Waals surface area contributed by atoms with Crippen molar-refractivity contribution < 1.29 is 4.79 Å². The van der Waals surface area contributed by atoms with Gasteiger partial charge in [-0.1, -0.05) is 0 Å².